The molecule has 0 saturated carbocycles. The smallest absolute Gasteiger partial charge is 0.315 e. The maximum atomic E-state index is 11.8. The van der Waals surface area contributed by atoms with Crippen LogP contribution in [-0.2, 0) is 0 Å². The highest BCUT2D eigenvalue weighted by Crippen LogP contribution is 2.15. The monoisotopic (exact) mass is 234 g/mol. The van der Waals surface area contributed by atoms with Gasteiger partial charge in [0.05, 0.1) is 6.04 Å². The summed E-state index contributed by atoms with van der Waals surface area (Å²) in [6.07, 6.45) is 0.877. The molecule has 0 aliphatic carbocycles. The minimum Gasteiger partial charge on any atom is -0.334 e. The largest absolute Gasteiger partial charge is 0.334 e. The normalized spacial score (nSPS) is 12.9. The molecule has 1 unspecified atom stereocenters. The SMILES string of the molecule is CCC(NC(=O)NC(C)(C)C)c1ccccc1. The molecule has 3 heteroatoms. The number of hydrogen-bond donors (Lipinski definition) is 2. The fraction of sp³-hybridized carbons (Fsp3) is 0.500. The molecule has 2 amide bonds. The van der Waals surface area contributed by atoms with E-state index >= 15 is 0 Å². The van der Waals surface area contributed by atoms with Gasteiger partial charge in [-0.05, 0) is 32.8 Å². The van der Waals surface area contributed by atoms with Crippen LogP contribution in [0.15, 0.2) is 30.3 Å². The van der Waals surface area contributed by atoms with Crippen LogP contribution in [0, 0.1) is 0 Å². The zero-order valence-corrected chi connectivity index (χ0v) is 11.1. The molecule has 3 nitrogen and oxygen atoms in total. The van der Waals surface area contributed by atoms with Crippen LogP contribution >= 0.6 is 0 Å². The summed E-state index contributed by atoms with van der Waals surface area (Å²) in [5.41, 5.74) is 0.929. The fourth-order valence-electron chi connectivity index (χ4n) is 1.64. The van der Waals surface area contributed by atoms with Gasteiger partial charge in [0.25, 0.3) is 0 Å². The molecule has 2 N–H and O–H groups in total. The zero-order valence-electron chi connectivity index (χ0n) is 11.1. The van der Waals surface area contributed by atoms with E-state index in [9.17, 15) is 4.79 Å². The summed E-state index contributed by atoms with van der Waals surface area (Å²) in [5.74, 6) is 0. The highest BCUT2D eigenvalue weighted by Gasteiger charge is 2.17. The van der Waals surface area contributed by atoms with E-state index in [2.05, 4.69) is 17.6 Å². The summed E-state index contributed by atoms with van der Waals surface area (Å²) in [7, 11) is 0. The molecule has 0 fully saturated rings. The molecule has 0 spiro atoms. The molecule has 0 aliphatic rings. The number of nitrogens with one attached hydrogen (secondary N) is 2. The fourth-order valence-corrected chi connectivity index (χ4v) is 1.64. The maximum absolute atomic E-state index is 11.8. The van der Waals surface area contributed by atoms with Gasteiger partial charge in [0.1, 0.15) is 0 Å². The molecule has 17 heavy (non-hydrogen) atoms. The lowest BCUT2D eigenvalue weighted by molar-refractivity contribution is 0.228. The molecule has 0 aromatic heterocycles. The van der Waals surface area contributed by atoms with Crippen molar-refractivity contribution in [1.82, 2.24) is 10.6 Å². The van der Waals surface area contributed by atoms with Gasteiger partial charge in [-0.3, -0.25) is 0 Å². The maximum Gasteiger partial charge on any atom is 0.315 e. The van der Waals surface area contributed by atoms with Gasteiger partial charge in [-0.15, -0.1) is 0 Å². The highest BCUT2D eigenvalue weighted by atomic mass is 16.2. The van der Waals surface area contributed by atoms with Crippen LogP contribution in [0.25, 0.3) is 0 Å². The van der Waals surface area contributed by atoms with E-state index in [1.807, 2.05) is 51.1 Å². The Balaban J connectivity index is 2.62. The topological polar surface area (TPSA) is 41.1 Å². The third-order valence-corrected chi connectivity index (χ3v) is 2.40. The van der Waals surface area contributed by atoms with Crippen LogP contribution in [0.3, 0.4) is 0 Å². The molecule has 0 aliphatic heterocycles. The van der Waals surface area contributed by atoms with E-state index < -0.39 is 0 Å². The van der Waals surface area contributed by atoms with Crippen molar-refractivity contribution in [2.75, 3.05) is 0 Å². The van der Waals surface area contributed by atoms with E-state index in [-0.39, 0.29) is 17.6 Å². The summed E-state index contributed by atoms with van der Waals surface area (Å²) in [6.45, 7) is 7.97. The van der Waals surface area contributed by atoms with Gasteiger partial charge >= 0.3 is 6.03 Å². The third-order valence-electron chi connectivity index (χ3n) is 2.40. The van der Waals surface area contributed by atoms with Crippen molar-refractivity contribution in [3.63, 3.8) is 0 Å². The van der Waals surface area contributed by atoms with Crippen molar-refractivity contribution in [2.24, 2.45) is 0 Å². The van der Waals surface area contributed by atoms with Crippen molar-refractivity contribution in [2.45, 2.75) is 45.7 Å². The summed E-state index contributed by atoms with van der Waals surface area (Å²) < 4.78 is 0. The lowest BCUT2D eigenvalue weighted by atomic mass is 10.0. The predicted octanol–water partition coefficient (Wildman–Crippen LogP) is 3.24. The Hall–Kier alpha value is -1.51. The summed E-state index contributed by atoms with van der Waals surface area (Å²) >= 11 is 0. The van der Waals surface area contributed by atoms with E-state index in [1.54, 1.807) is 0 Å². The van der Waals surface area contributed by atoms with Gasteiger partial charge in [-0.25, -0.2) is 4.79 Å². The van der Waals surface area contributed by atoms with E-state index in [4.69, 9.17) is 0 Å². The van der Waals surface area contributed by atoms with E-state index in [0.717, 1.165) is 12.0 Å². The van der Waals surface area contributed by atoms with Crippen molar-refractivity contribution in [3.05, 3.63) is 35.9 Å². The number of amides is 2. The average Bonchev–Trinajstić information content (AvgIpc) is 2.24. The Morgan fingerprint density at radius 2 is 1.82 bits per heavy atom. The summed E-state index contributed by atoms with van der Waals surface area (Å²) in [5, 5.41) is 5.89. The number of rotatable bonds is 3. The van der Waals surface area contributed by atoms with Crippen molar-refractivity contribution in [1.29, 1.82) is 0 Å². The predicted molar refractivity (Wildman–Crippen MR) is 70.9 cm³/mol. The van der Waals surface area contributed by atoms with Crippen LogP contribution in [0.2, 0.25) is 0 Å². The van der Waals surface area contributed by atoms with Crippen molar-refractivity contribution in [3.8, 4) is 0 Å². The molecule has 1 aromatic carbocycles. The first kappa shape index (κ1) is 13.6. The summed E-state index contributed by atoms with van der Waals surface area (Å²) in [4.78, 5) is 11.8. The average molecular weight is 234 g/mol. The van der Waals surface area contributed by atoms with E-state index in [1.165, 1.54) is 0 Å². The Morgan fingerprint density at radius 3 is 2.29 bits per heavy atom. The first-order valence-corrected chi connectivity index (χ1v) is 6.06. The van der Waals surface area contributed by atoms with Gasteiger partial charge < -0.3 is 10.6 Å². The Labute approximate surface area is 104 Å². The molecular formula is C14H22N2O. The zero-order chi connectivity index (χ0) is 12.9. The summed E-state index contributed by atoms with van der Waals surface area (Å²) in [6, 6.07) is 9.97. The Morgan fingerprint density at radius 1 is 1.24 bits per heavy atom. The van der Waals surface area contributed by atoms with Gasteiger partial charge in [0.15, 0.2) is 0 Å². The van der Waals surface area contributed by atoms with Crippen LogP contribution in [0.5, 0.6) is 0 Å². The van der Waals surface area contributed by atoms with Crippen molar-refractivity contribution < 1.29 is 4.79 Å². The van der Waals surface area contributed by atoms with Crippen LogP contribution in [0.1, 0.15) is 45.7 Å². The Bertz CT molecular complexity index is 354. The standard InChI is InChI=1S/C14H22N2O/c1-5-12(11-9-7-6-8-10-11)15-13(17)16-14(2,3)4/h6-10,12H,5H2,1-4H3,(H2,15,16,17). The second-order valence-electron chi connectivity index (χ2n) is 5.22. The van der Waals surface area contributed by atoms with Gasteiger partial charge in [-0.2, -0.15) is 0 Å². The number of carbonyl (C=O) groups is 1. The molecule has 0 radical (unpaired) electrons. The molecule has 0 heterocycles. The molecule has 1 aromatic rings. The second-order valence-corrected chi connectivity index (χ2v) is 5.22. The molecule has 0 saturated heterocycles. The first-order valence-electron chi connectivity index (χ1n) is 6.06. The minimum atomic E-state index is -0.209. The van der Waals surface area contributed by atoms with Gasteiger partial charge in [0, 0.05) is 5.54 Å². The minimum absolute atomic E-state index is 0.0681. The van der Waals surface area contributed by atoms with Gasteiger partial charge in [-0.1, -0.05) is 37.3 Å². The molecule has 94 valence electrons. The highest BCUT2D eigenvalue weighted by molar-refractivity contribution is 5.75. The lowest BCUT2D eigenvalue weighted by Crippen LogP contribution is -2.47. The van der Waals surface area contributed by atoms with Gasteiger partial charge in [0.2, 0.25) is 0 Å². The van der Waals surface area contributed by atoms with Crippen LogP contribution in [-0.4, -0.2) is 11.6 Å². The molecule has 1 atom stereocenters. The van der Waals surface area contributed by atoms with Crippen LogP contribution in [0.4, 0.5) is 4.79 Å². The third kappa shape index (κ3) is 4.89. The number of urea groups is 1. The molecule has 0 bridgehead atoms. The number of carbonyl (C=O) groups excluding carboxylic acids is 1. The molecular weight excluding hydrogens is 212 g/mol. The molecule has 1 rings (SSSR count). The number of benzene rings is 1. The van der Waals surface area contributed by atoms with Crippen LogP contribution < -0.4 is 10.6 Å². The lowest BCUT2D eigenvalue weighted by Gasteiger charge is -2.24. The quantitative estimate of drug-likeness (QED) is 0.828. The Kier molecular flexibility index (Phi) is 4.55. The second kappa shape index (κ2) is 5.71. The number of hydrogen-bond acceptors (Lipinski definition) is 1. The first-order chi connectivity index (χ1) is 7.92. The van der Waals surface area contributed by atoms with E-state index in [0.29, 0.717) is 0 Å². The van der Waals surface area contributed by atoms with Crippen molar-refractivity contribution >= 4 is 6.03 Å².